The normalized spacial score (nSPS) is 17.9. The Morgan fingerprint density at radius 1 is 1.39 bits per heavy atom. The number of halogens is 2. The fraction of sp³-hybridized carbons (Fsp3) is 0.462. The number of amides is 1. The average Bonchev–Trinajstić information content (AvgIpc) is 2.46. The van der Waals surface area contributed by atoms with E-state index in [2.05, 4.69) is 20.8 Å². The SMILES string of the molecule is CN1CCCN(Cc2ccc(F)cc2Br)CC1=O. The summed E-state index contributed by atoms with van der Waals surface area (Å²) in [4.78, 5) is 15.6. The molecule has 1 amide bonds. The lowest BCUT2D eigenvalue weighted by atomic mass is 10.2. The molecule has 98 valence electrons. The Bertz CT molecular complexity index is 453. The molecule has 1 fully saturated rings. The van der Waals surface area contributed by atoms with Crippen molar-refractivity contribution in [2.75, 3.05) is 26.7 Å². The Balaban J connectivity index is 2.06. The van der Waals surface area contributed by atoms with Gasteiger partial charge in [-0.1, -0.05) is 22.0 Å². The molecule has 1 aliphatic rings. The third kappa shape index (κ3) is 3.29. The molecule has 0 aromatic heterocycles. The van der Waals surface area contributed by atoms with Crippen LogP contribution in [0.2, 0.25) is 0 Å². The van der Waals surface area contributed by atoms with E-state index in [-0.39, 0.29) is 11.7 Å². The number of carbonyl (C=O) groups excluding carboxylic acids is 1. The van der Waals surface area contributed by atoms with Crippen molar-refractivity contribution in [2.24, 2.45) is 0 Å². The van der Waals surface area contributed by atoms with Gasteiger partial charge in [-0.3, -0.25) is 9.69 Å². The maximum Gasteiger partial charge on any atom is 0.236 e. The summed E-state index contributed by atoms with van der Waals surface area (Å²) < 4.78 is 13.8. The summed E-state index contributed by atoms with van der Waals surface area (Å²) in [6, 6.07) is 4.67. The Hall–Kier alpha value is -0.940. The van der Waals surface area contributed by atoms with E-state index in [9.17, 15) is 9.18 Å². The molecule has 18 heavy (non-hydrogen) atoms. The zero-order chi connectivity index (χ0) is 13.1. The van der Waals surface area contributed by atoms with Crippen molar-refractivity contribution < 1.29 is 9.18 Å². The predicted octanol–water partition coefficient (Wildman–Crippen LogP) is 2.25. The van der Waals surface area contributed by atoms with Gasteiger partial charge in [0.05, 0.1) is 6.54 Å². The number of carbonyl (C=O) groups is 1. The lowest BCUT2D eigenvalue weighted by molar-refractivity contribution is -0.130. The lowest BCUT2D eigenvalue weighted by Crippen LogP contribution is -2.34. The quantitative estimate of drug-likeness (QED) is 0.836. The van der Waals surface area contributed by atoms with Gasteiger partial charge in [0.2, 0.25) is 5.91 Å². The molecule has 2 rings (SSSR count). The maximum absolute atomic E-state index is 13.0. The first-order valence-electron chi connectivity index (χ1n) is 5.96. The van der Waals surface area contributed by atoms with Crippen molar-refractivity contribution in [1.82, 2.24) is 9.80 Å². The van der Waals surface area contributed by atoms with Gasteiger partial charge in [0.25, 0.3) is 0 Å². The minimum atomic E-state index is -0.252. The van der Waals surface area contributed by atoms with Crippen molar-refractivity contribution in [3.05, 3.63) is 34.1 Å². The second-order valence-corrected chi connectivity index (χ2v) is 5.47. The van der Waals surface area contributed by atoms with Crippen LogP contribution in [0.5, 0.6) is 0 Å². The van der Waals surface area contributed by atoms with Crippen LogP contribution in [-0.4, -0.2) is 42.4 Å². The van der Waals surface area contributed by atoms with E-state index in [1.165, 1.54) is 12.1 Å². The van der Waals surface area contributed by atoms with Crippen LogP contribution in [0.25, 0.3) is 0 Å². The monoisotopic (exact) mass is 314 g/mol. The molecule has 0 bridgehead atoms. The van der Waals surface area contributed by atoms with Crippen LogP contribution in [0.4, 0.5) is 4.39 Å². The number of nitrogens with zero attached hydrogens (tertiary/aromatic N) is 2. The average molecular weight is 315 g/mol. The van der Waals surface area contributed by atoms with Gasteiger partial charge in [-0.15, -0.1) is 0 Å². The van der Waals surface area contributed by atoms with Crippen LogP contribution in [0.1, 0.15) is 12.0 Å². The topological polar surface area (TPSA) is 23.6 Å². The molecule has 1 aliphatic heterocycles. The smallest absolute Gasteiger partial charge is 0.236 e. The largest absolute Gasteiger partial charge is 0.345 e. The Morgan fingerprint density at radius 3 is 2.89 bits per heavy atom. The van der Waals surface area contributed by atoms with Crippen LogP contribution < -0.4 is 0 Å². The van der Waals surface area contributed by atoms with Gasteiger partial charge in [0.1, 0.15) is 5.82 Å². The van der Waals surface area contributed by atoms with Gasteiger partial charge >= 0.3 is 0 Å². The van der Waals surface area contributed by atoms with Gasteiger partial charge in [-0.25, -0.2) is 4.39 Å². The van der Waals surface area contributed by atoms with Crippen molar-refractivity contribution in [2.45, 2.75) is 13.0 Å². The van der Waals surface area contributed by atoms with Crippen molar-refractivity contribution in [3.63, 3.8) is 0 Å². The highest BCUT2D eigenvalue weighted by atomic mass is 79.9. The highest BCUT2D eigenvalue weighted by Crippen LogP contribution is 2.20. The van der Waals surface area contributed by atoms with E-state index >= 15 is 0 Å². The van der Waals surface area contributed by atoms with Crippen LogP contribution in [0.3, 0.4) is 0 Å². The minimum absolute atomic E-state index is 0.144. The van der Waals surface area contributed by atoms with Crippen LogP contribution in [0, 0.1) is 5.82 Å². The molecule has 0 spiro atoms. The molecule has 1 aromatic rings. The Labute approximate surface area is 115 Å². The minimum Gasteiger partial charge on any atom is -0.345 e. The Morgan fingerprint density at radius 2 is 2.17 bits per heavy atom. The van der Waals surface area contributed by atoms with Gasteiger partial charge in [0.15, 0.2) is 0 Å². The molecule has 1 heterocycles. The molecule has 0 radical (unpaired) electrons. The summed E-state index contributed by atoms with van der Waals surface area (Å²) in [5.74, 6) is -0.108. The number of benzene rings is 1. The third-order valence-electron chi connectivity index (χ3n) is 3.16. The summed E-state index contributed by atoms with van der Waals surface area (Å²) >= 11 is 3.36. The maximum atomic E-state index is 13.0. The zero-order valence-electron chi connectivity index (χ0n) is 10.3. The van der Waals surface area contributed by atoms with Crippen molar-refractivity contribution in [3.8, 4) is 0 Å². The second kappa shape index (κ2) is 5.80. The predicted molar refractivity (Wildman–Crippen MR) is 71.6 cm³/mol. The summed E-state index contributed by atoms with van der Waals surface area (Å²) in [7, 11) is 1.83. The number of likely N-dealkylation sites (N-methyl/N-ethyl adjacent to an activating group) is 1. The molecule has 0 unspecified atom stereocenters. The summed E-state index contributed by atoms with van der Waals surface area (Å²) in [6.45, 7) is 2.79. The molecular weight excluding hydrogens is 299 g/mol. The van der Waals surface area contributed by atoms with E-state index in [1.54, 1.807) is 11.0 Å². The van der Waals surface area contributed by atoms with Gasteiger partial charge < -0.3 is 4.90 Å². The standard InChI is InChI=1S/C13H16BrFN2O/c1-16-5-2-6-17(9-13(16)18)8-10-3-4-11(15)7-12(10)14/h3-4,7H,2,5-6,8-9H2,1H3. The van der Waals surface area contributed by atoms with E-state index < -0.39 is 0 Å². The van der Waals surface area contributed by atoms with E-state index in [0.717, 1.165) is 29.5 Å². The first kappa shape index (κ1) is 13.5. The summed E-state index contributed by atoms with van der Waals surface area (Å²) in [5, 5.41) is 0. The van der Waals surface area contributed by atoms with Gasteiger partial charge in [-0.2, -0.15) is 0 Å². The first-order valence-corrected chi connectivity index (χ1v) is 6.76. The van der Waals surface area contributed by atoms with Crippen LogP contribution >= 0.6 is 15.9 Å². The van der Waals surface area contributed by atoms with Crippen molar-refractivity contribution in [1.29, 1.82) is 0 Å². The fourth-order valence-corrected chi connectivity index (χ4v) is 2.55. The van der Waals surface area contributed by atoms with E-state index in [0.29, 0.717) is 13.1 Å². The van der Waals surface area contributed by atoms with Crippen LogP contribution in [0.15, 0.2) is 22.7 Å². The Kier molecular flexibility index (Phi) is 4.35. The summed E-state index contributed by atoms with van der Waals surface area (Å²) in [6.07, 6.45) is 0.973. The molecule has 0 aliphatic carbocycles. The highest BCUT2D eigenvalue weighted by molar-refractivity contribution is 9.10. The van der Waals surface area contributed by atoms with Crippen LogP contribution in [-0.2, 0) is 11.3 Å². The fourth-order valence-electron chi connectivity index (χ4n) is 2.07. The van der Waals surface area contributed by atoms with Gasteiger partial charge in [0, 0.05) is 31.2 Å². The van der Waals surface area contributed by atoms with E-state index in [4.69, 9.17) is 0 Å². The van der Waals surface area contributed by atoms with E-state index in [1.807, 2.05) is 7.05 Å². The summed E-state index contributed by atoms with van der Waals surface area (Å²) in [5.41, 5.74) is 1.01. The second-order valence-electron chi connectivity index (χ2n) is 4.62. The molecule has 1 aromatic carbocycles. The molecule has 3 nitrogen and oxygen atoms in total. The third-order valence-corrected chi connectivity index (χ3v) is 3.90. The molecule has 5 heteroatoms. The van der Waals surface area contributed by atoms with Crippen molar-refractivity contribution >= 4 is 21.8 Å². The number of rotatable bonds is 2. The lowest BCUT2D eigenvalue weighted by Gasteiger charge is -2.20. The molecule has 0 saturated carbocycles. The molecule has 0 atom stereocenters. The highest BCUT2D eigenvalue weighted by Gasteiger charge is 2.19. The molecule has 0 N–H and O–H groups in total. The molecular formula is C13H16BrFN2O. The van der Waals surface area contributed by atoms with Gasteiger partial charge in [-0.05, 0) is 24.1 Å². The first-order chi connectivity index (χ1) is 8.56. The number of hydrogen-bond acceptors (Lipinski definition) is 2. The zero-order valence-corrected chi connectivity index (χ0v) is 11.9. The number of hydrogen-bond donors (Lipinski definition) is 0. The molecule has 1 saturated heterocycles.